The first-order valence-electron chi connectivity index (χ1n) is 8.98. The summed E-state index contributed by atoms with van der Waals surface area (Å²) in [5.41, 5.74) is 0.0612. The Bertz CT molecular complexity index is 919. The molecule has 3 N–H and O–H groups in total. The van der Waals surface area contributed by atoms with Crippen molar-refractivity contribution in [1.82, 2.24) is 5.32 Å². The number of urea groups is 1. The van der Waals surface area contributed by atoms with E-state index in [0.717, 1.165) is 6.07 Å². The van der Waals surface area contributed by atoms with Crippen molar-refractivity contribution in [3.05, 3.63) is 57.8 Å². The third-order valence-corrected chi connectivity index (χ3v) is 4.53. The predicted molar refractivity (Wildman–Crippen MR) is 111 cm³/mol. The summed E-state index contributed by atoms with van der Waals surface area (Å²) in [5, 5.41) is 13.1. The van der Waals surface area contributed by atoms with Crippen LogP contribution in [0.4, 0.5) is 14.9 Å². The van der Waals surface area contributed by atoms with E-state index >= 15 is 0 Å². The van der Waals surface area contributed by atoms with Crippen LogP contribution in [0.2, 0.25) is 10.0 Å². The monoisotopic (exact) mass is 456 g/mol. The van der Waals surface area contributed by atoms with Crippen molar-refractivity contribution in [1.29, 1.82) is 0 Å². The molecule has 160 valence electrons. The van der Waals surface area contributed by atoms with Crippen molar-refractivity contribution in [2.24, 2.45) is 0 Å². The summed E-state index contributed by atoms with van der Waals surface area (Å²) in [4.78, 5) is 34.6. The maximum absolute atomic E-state index is 14.1. The van der Waals surface area contributed by atoms with E-state index in [2.05, 4.69) is 10.6 Å². The molecule has 0 aliphatic carbocycles. The first-order chi connectivity index (χ1) is 14.3. The second-order valence-corrected chi connectivity index (χ2v) is 7.02. The van der Waals surface area contributed by atoms with Crippen LogP contribution < -0.4 is 15.4 Å². The fraction of sp³-hybridized carbons (Fsp3) is 0.250. The number of nitrogens with one attached hydrogen (secondary N) is 2. The molecule has 2 aromatic carbocycles. The number of carbonyl (C=O) groups is 3. The van der Waals surface area contributed by atoms with Crippen LogP contribution in [-0.2, 0) is 4.79 Å². The third kappa shape index (κ3) is 7.20. The zero-order valence-electron chi connectivity index (χ0n) is 15.7. The number of rotatable bonds is 9. The maximum atomic E-state index is 14.1. The van der Waals surface area contributed by atoms with E-state index in [1.165, 1.54) is 24.3 Å². The van der Waals surface area contributed by atoms with Crippen LogP contribution in [0.5, 0.6) is 5.75 Å². The minimum Gasteiger partial charge on any atom is -0.491 e. The number of imide groups is 1. The van der Waals surface area contributed by atoms with Gasteiger partial charge in [0.25, 0.3) is 5.91 Å². The molecule has 0 spiro atoms. The number of anilines is 1. The molecule has 0 aromatic heterocycles. The van der Waals surface area contributed by atoms with Gasteiger partial charge in [-0.25, -0.2) is 9.18 Å². The van der Waals surface area contributed by atoms with Crippen molar-refractivity contribution in [2.75, 3.05) is 11.9 Å². The quantitative estimate of drug-likeness (QED) is 0.454. The van der Waals surface area contributed by atoms with Crippen molar-refractivity contribution in [3.63, 3.8) is 0 Å². The number of aliphatic carboxylic acids is 1. The lowest BCUT2D eigenvalue weighted by Crippen LogP contribution is -2.34. The molecule has 0 radical (unpaired) electrons. The van der Waals surface area contributed by atoms with Crippen LogP contribution in [0, 0.1) is 5.82 Å². The second-order valence-electron chi connectivity index (χ2n) is 6.20. The molecule has 0 saturated heterocycles. The normalized spacial score (nSPS) is 10.4. The SMILES string of the molecule is O=C(O)CCCCCOc1ccc(NC(=O)NC(=O)c2c(Cl)cccc2Cl)cc1F. The molecule has 3 amide bonds. The highest BCUT2D eigenvalue weighted by Crippen LogP contribution is 2.24. The second kappa shape index (κ2) is 11.4. The molecule has 0 unspecified atom stereocenters. The average Bonchev–Trinajstić information content (AvgIpc) is 2.65. The van der Waals surface area contributed by atoms with Gasteiger partial charge < -0.3 is 15.2 Å². The fourth-order valence-electron chi connectivity index (χ4n) is 2.48. The third-order valence-electron chi connectivity index (χ3n) is 3.90. The van der Waals surface area contributed by atoms with Crippen molar-refractivity contribution in [3.8, 4) is 5.75 Å². The molecule has 0 bridgehead atoms. The molecule has 2 rings (SSSR count). The van der Waals surface area contributed by atoms with Gasteiger partial charge >= 0.3 is 12.0 Å². The van der Waals surface area contributed by atoms with Crippen LogP contribution in [0.1, 0.15) is 36.0 Å². The van der Waals surface area contributed by atoms with Crippen LogP contribution in [0.15, 0.2) is 36.4 Å². The summed E-state index contributed by atoms with van der Waals surface area (Å²) in [6.07, 6.45) is 1.85. The zero-order chi connectivity index (χ0) is 22.1. The highest BCUT2D eigenvalue weighted by atomic mass is 35.5. The first kappa shape index (κ1) is 23.4. The van der Waals surface area contributed by atoms with E-state index in [-0.39, 0.29) is 40.1 Å². The van der Waals surface area contributed by atoms with Gasteiger partial charge in [0.2, 0.25) is 0 Å². The lowest BCUT2D eigenvalue weighted by molar-refractivity contribution is -0.137. The molecule has 2 aromatic rings. The van der Waals surface area contributed by atoms with E-state index in [4.69, 9.17) is 33.0 Å². The molecule has 7 nitrogen and oxygen atoms in total. The van der Waals surface area contributed by atoms with Gasteiger partial charge in [-0.15, -0.1) is 0 Å². The minimum absolute atomic E-state index is 0.00174. The molecular weight excluding hydrogens is 438 g/mol. The number of hydrogen-bond donors (Lipinski definition) is 3. The van der Waals surface area contributed by atoms with Crippen molar-refractivity contribution < 1.29 is 28.6 Å². The molecular formula is C20H19Cl2FN2O5. The Balaban J connectivity index is 1.85. The fourth-order valence-corrected chi connectivity index (χ4v) is 3.04. The topological polar surface area (TPSA) is 105 Å². The van der Waals surface area contributed by atoms with Gasteiger partial charge in [-0.2, -0.15) is 0 Å². The van der Waals surface area contributed by atoms with Gasteiger partial charge in [-0.05, 0) is 43.5 Å². The lowest BCUT2D eigenvalue weighted by atomic mass is 10.2. The van der Waals surface area contributed by atoms with Gasteiger partial charge in [-0.3, -0.25) is 14.9 Å². The van der Waals surface area contributed by atoms with Crippen LogP contribution >= 0.6 is 23.2 Å². The standard InChI is InChI=1S/C20H19Cl2FN2O5/c21-13-5-4-6-14(22)18(13)19(28)25-20(29)24-12-8-9-16(15(23)11-12)30-10-3-1-2-7-17(26)27/h4-6,8-9,11H,1-3,7,10H2,(H,26,27)(H2,24,25,28,29). The van der Waals surface area contributed by atoms with Crippen molar-refractivity contribution >= 4 is 46.8 Å². The predicted octanol–water partition coefficient (Wildman–Crippen LogP) is 5.12. The van der Waals surface area contributed by atoms with Gasteiger partial charge in [0.15, 0.2) is 11.6 Å². The van der Waals surface area contributed by atoms with E-state index in [1.807, 2.05) is 0 Å². The Kier molecular flexibility index (Phi) is 8.89. The van der Waals surface area contributed by atoms with Gasteiger partial charge in [0.05, 0.1) is 22.2 Å². The number of carbonyl (C=O) groups excluding carboxylic acids is 2. The molecule has 0 aliphatic heterocycles. The van der Waals surface area contributed by atoms with Crippen molar-refractivity contribution in [2.45, 2.75) is 25.7 Å². The van der Waals surface area contributed by atoms with Crippen LogP contribution in [-0.4, -0.2) is 29.6 Å². The molecule has 10 heteroatoms. The Labute approximate surface area is 182 Å². The van der Waals surface area contributed by atoms with E-state index in [1.54, 1.807) is 6.07 Å². The van der Waals surface area contributed by atoms with E-state index in [9.17, 15) is 18.8 Å². The maximum Gasteiger partial charge on any atom is 0.326 e. The van der Waals surface area contributed by atoms with E-state index in [0.29, 0.717) is 19.3 Å². The van der Waals surface area contributed by atoms with Gasteiger partial charge in [-0.1, -0.05) is 29.3 Å². The number of unbranched alkanes of at least 4 members (excludes halogenated alkanes) is 2. The summed E-state index contributed by atoms with van der Waals surface area (Å²) in [6, 6.07) is 7.39. The van der Waals surface area contributed by atoms with Crippen LogP contribution in [0.25, 0.3) is 0 Å². The number of carboxylic acid groups (broad SMARTS) is 1. The summed E-state index contributed by atoms with van der Waals surface area (Å²) in [7, 11) is 0. The highest BCUT2D eigenvalue weighted by molar-refractivity contribution is 6.40. The minimum atomic E-state index is -0.887. The summed E-state index contributed by atoms with van der Waals surface area (Å²) < 4.78 is 19.5. The lowest BCUT2D eigenvalue weighted by Gasteiger charge is -2.11. The summed E-state index contributed by atoms with van der Waals surface area (Å²) in [5.74, 6) is -2.35. The Morgan fingerprint density at radius 1 is 1.03 bits per heavy atom. The summed E-state index contributed by atoms with van der Waals surface area (Å²) >= 11 is 11.8. The highest BCUT2D eigenvalue weighted by Gasteiger charge is 2.17. The Morgan fingerprint density at radius 3 is 2.37 bits per heavy atom. The largest absolute Gasteiger partial charge is 0.491 e. The number of amides is 3. The number of ether oxygens (including phenoxy) is 1. The summed E-state index contributed by atoms with van der Waals surface area (Å²) in [6.45, 7) is 0.233. The number of benzene rings is 2. The number of carboxylic acids is 1. The number of halogens is 3. The molecule has 0 saturated carbocycles. The molecule has 0 atom stereocenters. The Morgan fingerprint density at radius 2 is 1.73 bits per heavy atom. The number of hydrogen-bond acceptors (Lipinski definition) is 4. The zero-order valence-corrected chi connectivity index (χ0v) is 17.2. The molecule has 0 heterocycles. The first-order valence-corrected chi connectivity index (χ1v) is 9.74. The van der Waals surface area contributed by atoms with Gasteiger partial charge in [0.1, 0.15) is 0 Å². The van der Waals surface area contributed by atoms with Gasteiger partial charge in [0, 0.05) is 18.2 Å². The molecule has 0 fully saturated rings. The molecule has 0 aliphatic rings. The Hall–Kier alpha value is -2.84. The smallest absolute Gasteiger partial charge is 0.326 e. The average molecular weight is 457 g/mol. The van der Waals surface area contributed by atoms with Crippen LogP contribution in [0.3, 0.4) is 0 Å². The van der Waals surface area contributed by atoms with E-state index < -0.39 is 23.7 Å². The molecule has 30 heavy (non-hydrogen) atoms.